The van der Waals surface area contributed by atoms with Gasteiger partial charge in [-0.25, -0.2) is 0 Å². The molecule has 5 nitrogen and oxygen atoms in total. The highest BCUT2D eigenvalue weighted by Gasteiger charge is 2.24. The first-order chi connectivity index (χ1) is 8.70. The van der Waals surface area contributed by atoms with Crippen LogP contribution in [-0.2, 0) is 7.05 Å². The van der Waals surface area contributed by atoms with Crippen molar-refractivity contribution in [3.63, 3.8) is 0 Å². The summed E-state index contributed by atoms with van der Waals surface area (Å²) in [5.41, 5.74) is 6.41. The van der Waals surface area contributed by atoms with E-state index in [1.165, 1.54) is 25.7 Å². The maximum atomic E-state index is 11.9. The van der Waals surface area contributed by atoms with Crippen molar-refractivity contribution in [2.24, 2.45) is 24.6 Å². The molecule has 1 saturated carbocycles. The number of hydrogen-bond donors (Lipinski definition) is 2. The maximum absolute atomic E-state index is 11.9. The molecule has 0 aliphatic heterocycles. The first kappa shape index (κ1) is 13.1. The van der Waals surface area contributed by atoms with E-state index in [-0.39, 0.29) is 5.91 Å². The summed E-state index contributed by atoms with van der Waals surface area (Å²) in [7, 11) is 1.81. The molecule has 1 fully saturated rings. The highest BCUT2D eigenvalue weighted by atomic mass is 16.1. The highest BCUT2D eigenvalue weighted by molar-refractivity contribution is 5.93. The molecule has 0 bridgehead atoms. The molecule has 0 spiro atoms. The summed E-state index contributed by atoms with van der Waals surface area (Å²) in [5, 5.41) is 7.00. The Morgan fingerprint density at radius 1 is 1.50 bits per heavy atom. The molecule has 0 radical (unpaired) electrons. The van der Waals surface area contributed by atoms with Crippen LogP contribution in [-0.4, -0.2) is 28.8 Å². The number of nitrogens with two attached hydrogens (primary N) is 1. The summed E-state index contributed by atoms with van der Waals surface area (Å²) in [6.45, 7) is 1.46. The number of rotatable bonds is 4. The predicted octanol–water partition coefficient (Wildman–Crippen LogP) is 0.915. The van der Waals surface area contributed by atoms with Gasteiger partial charge in [-0.15, -0.1) is 0 Å². The zero-order valence-corrected chi connectivity index (χ0v) is 10.9. The number of nitrogens with one attached hydrogen (secondary N) is 1. The first-order valence-electron chi connectivity index (χ1n) is 6.67. The van der Waals surface area contributed by atoms with Crippen LogP contribution < -0.4 is 11.1 Å². The quantitative estimate of drug-likeness (QED) is 0.834. The molecule has 18 heavy (non-hydrogen) atoms. The molecule has 2 unspecified atom stereocenters. The largest absolute Gasteiger partial charge is 0.352 e. The van der Waals surface area contributed by atoms with E-state index < -0.39 is 0 Å². The van der Waals surface area contributed by atoms with Crippen molar-refractivity contribution in [2.45, 2.75) is 25.7 Å². The van der Waals surface area contributed by atoms with Crippen molar-refractivity contribution < 1.29 is 4.79 Å². The Bertz CT molecular complexity index is 401. The van der Waals surface area contributed by atoms with E-state index in [0.717, 1.165) is 13.1 Å². The van der Waals surface area contributed by atoms with Gasteiger partial charge in [0.25, 0.3) is 5.91 Å². The van der Waals surface area contributed by atoms with Crippen LogP contribution >= 0.6 is 0 Å². The van der Waals surface area contributed by atoms with Gasteiger partial charge < -0.3 is 11.1 Å². The number of carbonyl (C=O) groups is 1. The fourth-order valence-electron chi connectivity index (χ4n) is 2.73. The molecule has 1 aromatic heterocycles. The van der Waals surface area contributed by atoms with Gasteiger partial charge in [0.15, 0.2) is 0 Å². The molecule has 100 valence electrons. The van der Waals surface area contributed by atoms with Crippen LogP contribution in [0.3, 0.4) is 0 Å². The average molecular weight is 250 g/mol. The van der Waals surface area contributed by atoms with Crippen molar-refractivity contribution >= 4 is 5.91 Å². The van der Waals surface area contributed by atoms with E-state index in [2.05, 4.69) is 10.4 Å². The summed E-state index contributed by atoms with van der Waals surface area (Å²) in [6, 6.07) is 0. The molecule has 2 rings (SSSR count). The number of aryl methyl sites for hydroxylation is 1. The van der Waals surface area contributed by atoms with Gasteiger partial charge in [-0.1, -0.05) is 12.8 Å². The molecule has 3 N–H and O–H groups in total. The zero-order chi connectivity index (χ0) is 13.0. The van der Waals surface area contributed by atoms with Gasteiger partial charge in [-0.2, -0.15) is 5.10 Å². The second-order valence-electron chi connectivity index (χ2n) is 5.15. The van der Waals surface area contributed by atoms with Crippen molar-refractivity contribution in [1.82, 2.24) is 15.1 Å². The summed E-state index contributed by atoms with van der Waals surface area (Å²) in [4.78, 5) is 11.9. The smallest absolute Gasteiger partial charge is 0.254 e. The van der Waals surface area contributed by atoms with Crippen molar-refractivity contribution in [2.75, 3.05) is 13.1 Å². The maximum Gasteiger partial charge on any atom is 0.254 e. The summed E-state index contributed by atoms with van der Waals surface area (Å²) in [5.74, 6) is 1.06. The van der Waals surface area contributed by atoms with E-state index in [1.807, 2.05) is 7.05 Å². The van der Waals surface area contributed by atoms with E-state index in [1.54, 1.807) is 17.1 Å². The number of amides is 1. The molecule has 2 atom stereocenters. The fourth-order valence-corrected chi connectivity index (χ4v) is 2.73. The fraction of sp³-hybridized carbons (Fsp3) is 0.692. The Labute approximate surface area is 108 Å². The van der Waals surface area contributed by atoms with Crippen molar-refractivity contribution in [1.29, 1.82) is 0 Å². The van der Waals surface area contributed by atoms with Gasteiger partial charge in [0.2, 0.25) is 0 Å². The lowest BCUT2D eigenvalue weighted by atomic mass is 9.79. The third-order valence-electron chi connectivity index (χ3n) is 3.86. The summed E-state index contributed by atoms with van der Waals surface area (Å²) < 4.78 is 1.64. The van der Waals surface area contributed by atoms with E-state index >= 15 is 0 Å². The van der Waals surface area contributed by atoms with Gasteiger partial charge in [-0.05, 0) is 31.2 Å². The topological polar surface area (TPSA) is 72.9 Å². The number of carbonyl (C=O) groups excluding carboxylic acids is 1. The van der Waals surface area contributed by atoms with Gasteiger partial charge in [0.1, 0.15) is 0 Å². The number of nitrogens with zero attached hydrogens (tertiary/aromatic N) is 2. The zero-order valence-electron chi connectivity index (χ0n) is 10.9. The van der Waals surface area contributed by atoms with Crippen LogP contribution in [0.2, 0.25) is 0 Å². The molecule has 1 aliphatic rings. The minimum Gasteiger partial charge on any atom is -0.352 e. The third-order valence-corrected chi connectivity index (χ3v) is 3.86. The van der Waals surface area contributed by atoms with Gasteiger partial charge in [0.05, 0.1) is 11.8 Å². The Hall–Kier alpha value is -1.36. The molecule has 5 heteroatoms. The third kappa shape index (κ3) is 3.10. The van der Waals surface area contributed by atoms with E-state index in [4.69, 9.17) is 5.73 Å². The monoisotopic (exact) mass is 250 g/mol. The molecule has 0 aromatic carbocycles. The van der Waals surface area contributed by atoms with Crippen molar-refractivity contribution in [3.05, 3.63) is 18.0 Å². The normalized spacial score (nSPS) is 23.9. The van der Waals surface area contributed by atoms with Crippen LogP contribution in [0.25, 0.3) is 0 Å². The SMILES string of the molecule is Cn1cc(C(=O)NCC2CCCCC2CN)cn1. The molecule has 1 aromatic rings. The second kappa shape index (κ2) is 6.00. The van der Waals surface area contributed by atoms with Crippen LogP contribution in [0.5, 0.6) is 0 Å². The molecule has 1 aliphatic carbocycles. The predicted molar refractivity (Wildman–Crippen MR) is 70.0 cm³/mol. The Kier molecular flexibility index (Phi) is 4.36. The summed E-state index contributed by atoms with van der Waals surface area (Å²) in [6.07, 6.45) is 8.23. The Morgan fingerprint density at radius 2 is 2.22 bits per heavy atom. The first-order valence-corrected chi connectivity index (χ1v) is 6.67. The lowest BCUT2D eigenvalue weighted by Gasteiger charge is -2.30. The average Bonchev–Trinajstić information content (AvgIpc) is 2.83. The molecule has 1 heterocycles. The second-order valence-corrected chi connectivity index (χ2v) is 5.15. The summed E-state index contributed by atoms with van der Waals surface area (Å²) >= 11 is 0. The van der Waals surface area contributed by atoms with Gasteiger partial charge >= 0.3 is 0 Å². The highest BCUT2D eigenvalue weighted by Crippen LogP contribution is 2.28. The van der Waals surface area contributed by atoms with Crippen molar-refractivity contribution in [3.8, 4) is 0 Å². The molecular formula is C13H22N4O. The van der Waals surface area contributed by atoms with Gasteiger partial charge in [-0.3, -0.25) is 9.48 Å². The van der Waals surface area contributed by atoms with E-state index in [9.17, 15) is 4.79 Å². The van der Waals surface area contributed by atoms with Crippen LogP contribution in [0.4, 0.5) is 0 Å². The molecule has 0 saturated heterocycles. The standard InChI is InChI=1S/C13H22N4O/c1-17-9-12(8-16-17)13(18)15-7-11-5-3-2-4-10(11)6-14/h8-11H,2-7,14H2,1H3,(H,15,18). The molecular weight excluding hydrogens is 228 g/mol. The Balaban J connectivity index is 1.85. The minimum absolute atomic E-state index is 0.0376. The molecule has 1 amide bonds. The lowest BCUT2D eigenvalue weighted by molar-refractivity contribution is 0.0935. The van der Waals surface area contributed by atoms with Crippen LogP contribution in [0, 0.1) is 11.8 Å². The lowest BCUT2D eigenvalue weighted by Crippen LogP contribution is -2.36. The number of aromatic nitrogens is 2. The Morgan fingerprint density at radius 3 is 2.83 bits per heavy atom. The van der Waals surface area contributed by atoms with E-state index in [0.29, 0.717) is 17.4 Å². The number of hydrogen-bond acceptors (Lipinski definition) is 3. The van der Waals surface area contributed by atoms with Crippen LogP contribution in [0.15, 0.2) is 12.4 Å². The minimum atomic E-state index is -0.0376. The van der Waals surface area contributed by atoms with Gasteiger partial charge in [0, 0.05) is 19.8 Å². The van der Waals surface area contributed by atoms with Crippen LogP contribution in [0.1, 0.15) is 36.0 Å².